The van der Waals surface area contributed by atoms with Crippen molar-refractivity contribution < 1.29 is 9.18 Å². The summed E-state index contributed by atoms with van der Waals surface area (Å²) in [6.45, 7) is 2.00. The predicted octanol–water partition coefficient (Wildman–Crippen LogP) is 2.59. The maximum atomic E-state index is 13.4. The van der Waals surface area contributed by atoms with Gasteiger partial charge in [0, 0.05) is 11.8 Å². The minimum atomic E-state index is -0.489. The molecule has 0 saturated carbocycles. The Morgan fingerprint density at radius 3 is 2.91 bits per heavy atom. The van der Waals surface area contributed by atoms with Crippen LogP contribution >= 0.6 is 11.8 Å². The smallest absolute Gasteiger partial charge is 0.251 e. The van der Waals surface area contributed by atoms with Crippen LogP contribution in [-0.2, 0) is 11.2 Å². The van der Waals surface area contributed by atoms with Gasteiger partial charge >= 0.3 is 0 Å². The molecule has 0 atom stereocenters. The number of hydrogen-bond donors (Lipinski definition) is 2. The molecule has 5 nitrogen and oxygen atoms in total. The average molecular weight is 321 g/mol. The molecule has 2 aromatic rings. The van der Waals surface area contributed by atoms with Crippen molar-refractivity contribution in [3.63, 3.8) is 0 Å². The number of para-hydroxylation sites is 1. The van der Waals surface area contributed by atoms with Crippen LogP contribution in [0.5, 0.6) is 0 Å². The molecule has 1 aromatic carbocycles. The molecule has 0 fully saturated rings. The molecule has 0 radical (unpaired) electrons. The minimum absolute atomic E-state index is 0.0346. The molecule has 2 N–H and O–H groups in total. The van der Waals surface area contributed by atoms with Crippen molar-refractivity contribution in [3.8, 4) is 0 Å². The zero-order valence-electron chi connectivity index (χ0n) is 12.1. The van der Waals surface area contributed by atoms with Crippen LogP contribution in [0.4, 0.5) is 10.1 Å². The molecule has 0 saturated heterocycles. The normalized spacial score (nSPS) is 10.5. The summed E-state index contributed by atoms with van der Waals surface area (Å²) >= 11 is 1.11. The van der Waals surface area contributed by atoms with Gasteiger partial charge in [-0.25, -0.2) is 9.37 Å². The van der Waals surface area contributed by atoms with Gasteiger partial charge in [0.2, 0.25) is 5.91 Å². The summed E-state index contributed by atoms with van der Waals surface area (Å²) in [6.07, 6.45) is 1.59. The number of anilines is 1. The Kier molecular flexibility index (Phi) is 5.71. The average Bonchev–Trinajstić information content (AvgIpc) is 2.47. The van der Waals surface area contributed by atoms with E-state index in [0.29, 0.717) is 17.3 Å². The number of benzene rings is 1. The molecular weight excluding hydrogens is 305 g/mol. The van der Waals surface area contributed by atoms with E-state index in [9.17, 15) is 14.0 Å². The van der Waals surface area contributed by atoms with Gasteiger partial charge in [0.25, 0.3) is 5.56 Å². The van der Waals surface area contributed by atoms with Gasteiger partial charge in [-0.3, -0.25) is 9.59 Å². The second kappa shape index (κ2) is 7.74. The summed E-state index contributed by atoms with van der Waals surface area (Å²) in [5.74, 6) is -0.816. The third-order valence-corrected chi connectivity index (χ3v) is 3.64. The maximum Gasteiger partial charge on any atom is 0.251 e. The maximum absolute atomic E-state index is 13.4. The van der Waals surface area contributed by atoms with Gasteiger partial charge in [-0.05, 0) is 18.6 Å². The van der Waals surface area contributed by atoms with Gasteiger partial charge in [-0.1, -0.05) is 37.2 Å². The Balaban J connectivity index is 1.96. The van der Waals surface area contributed by atoms with E-state index in [0.717, 1.165) is 18.2 Å². The fourth-order valence-corrected chi connectivity index (χ4v) is 2.51. The van der Waals surface area contributed by atoms with Gasteiger partial charge < -0.3 is 10.3 Å². The van der Waals surface area contributed by atoms with E-state index in [-0.39, 0.29) is 22.9 Å². The van der Waals surface area contributed by atoms with E-state index in [1.54, 1.807) is 12.1 Å². The molecule has 0 spiro atoms. The second-order valence-corrected chi connectivity index (χ2v) is 5.57. The largest absolute Gasteiger partial charge is 0.323 e. The number of aromatic amines is 1. The fraction of sp³-hybridized carbons (Fsp3) is 0.267. The van der Waals surface area contributed by atoms with E-state index < -0.39 is 5.82 Å². The topological polar surface area (TPSA) is 74.8 Å². The number of carbonyl (C=O) groups excluding carboxylic acids is 1. The number of nitrogens with zero attached hydrogens (tertiary/aromatic N) is 1. The quantitative estimate of drug-likeness (QED) is 0.633. The first-order valence-corrected chi connectivity index (χ1v) is 7.84. The SMILES string of the molecule is CCCc1cc(=O)[nH]c(SCC(=O)Nc2ccccc2F)n1. The molecule has 0 unspecified atom stereocenters. The Labute approximate surface area is 131 Å². The Hall–Kier alpha value is -2.15. The predicted molar refractivity (Wildman–Crippen MR) is 84.6 cm³/mol. The molecular formula is C15H16FN3O2S. The summed E-state index contributed by atoms with van der Waals surface area (Å²) in [6, 6.07) is 7.40. The molecule has 116 valence electrons. The number of halogens is 1. The number of thioether (sulfide) groups is 1. The first-order valence-electron chi connectivity index (χ1n) is 6.86. The lowest BCUT2D eigenvalue weighted by Gasteiger charge is -2.06. The van der Waals surface area contributed by atoms with E-state index in [1.165, 1.54) is 18.2 Å². The van der Waals surface area contributed by atoms with Gasteiger partial charge in [0.15, 0.2) is 5.16 Å². The number of rotatable bonds is 6. The van der Waals surface area contributed by atoms with E-state index in [1.807, 2.05) is 6.92 Å². The molecule has 2 rings (SSSR count). The Morgan fingerprint density at radius 2 is 2.18 bits per heavy atom. The minimum Gasteiger partial charge on any atom is -0.323 e. The Bertz CT molecular complexity index is 718. The lowest BCUT2D eigenvalue weighted by molar-refractivity contribution is -0.113. The first kappa shape index (κ1) is 16.2. The highest BCUT2D eigenvalue weighted by molar-refractivity contribution is 7.99. The second-order valence-electron chi connectivity index (χ2n) is 4.61. The third kappa shape index (κ3) is 4.70. The highest BCUT2D eigenvalue weighted by atomic mass is 32.2. The number of carbonyl (C=O) groups is 1. The van der Waals surface area contributed by atoms with Gasteiger partial charge in [-0.15, -0.1) is 0 Å². The molecule has 0 aliphatic carbocycles. The van der Waals surface area contributed by atoms with Crippen molar-refractivity contribution in [3.05, 3.63) is 52.2 Å². The molecule has 0 bridgehead atoms. The molecule has 1 heterocycles. The van der Waals surface area contributed by atoms with Crippen molar-refractivity contribution in [2.75, 3.05) is 11.1 Å². The number of aromatic nitrogens is 2. The van der Waals surface area contributed by atoms with Crippen LogP contribution in [0.15, 0.2) is 40.3 Å². The fourth-order valence-electron chi connectivity index (χ4n) is 1.82. The lowest BCUT2D eigenvalue weighted by atomic mass is 10.2. The number of aryl methyl sites for hydroxylation is 1. The summed E-state index contributed by atoms with van der Waals surface area (Å²) in [5.41, 5.74) is 0.591. The number of H-pyrrole nitrogens is 1. The number of hydrogen-bond acceptors (Lipinski definition) is 4. The van der Waals surface area contributed by atoms with Gasteiger partial charge in [-0.2, -0.15) is 0 Å². The number of nitrogens with one attached hydrogen (secondary N) is 2. The van der Waals surface area contributed by atoms with Crippen LogP contribution in [0.2, 0.25) is 0 Å². The molecule has 0 aliphatic rings. The Morgan fingerprint density at radius 1 is 1.41 bits per heavy atom. The molecule has 22 heavy (non-hydrogen) atoms. The van der Waals surface area contributed by atoms with Crippen molar-refractivity contribution in [2.24, 2.45) is 0 Å². The molecule has 1 aromatic heterocycles. The standard InChI is InChI=1S/C15H16FN3O2S/c1-2-5-10-8-13(20)19-15(17-10)22-9-14(21)18-12-7-4-3-6-11(12)16/h3-4,6-8H,2,5,9H2,1H3,(H,18,21)(H,17,19,20). The summed E-state index contributed by atoms with van der Waals surface area (Å²) < 4.78 is 13.4. The monoisotopic (exact) mass is 321 g/mol. The van der Waals surface area contributed by atoms with Gasteiger partial charge in [0.1, 0.15) is 5.82 Å². The van der Waals surface area contributed by atoms with E-state index >= 15 is 0 Å². The summed E-state index contributed by atoms with van der Waals surface area (Å²) in [4.78, 5) is 30.2. The third-order valence-electron chi connectivity index (χ3n) is 2.77. The molecule has 7 heteroatoms. The summed E-state index contributed by atoms with van der Waals surface area (Å²) in [5, 5.41) is 2.87. The van der Waals surface area contributed by atoms with Gasteiger partial charge in [0.05, 0.1) is 11.4 Å². The van der Waals surface area contributed by atoms with Crippen molar-refractivity contribution in [2.45, 2.75) is 24.9 Å². The highest BCUT2D eigenvalue weighted by Crippen LogP contribution is 2.15. The van der Waals surface area contributed by atoms with E-state index in [2.05, 4.69) is 15.3 Å². The van der Waals surface area contributed by atoms with Crippen molar-refractivity contribution >= 4 is 23.4 Å². The lowest BCUT2D eigenvalue weighted by Crippen LogP contribution is -2.16. The van der Waals surface area contributed by atoms with Crippen LogP contribution in [0, 0.1) is 5.82 Å². The first-order chi connectivity index (χ1) is 10.6. The molecule has 0 aliphatic heterocycles. The molecule has 1 amide bonds. The van der Waals surface area contributed by atoms with Crippen LogP contribution in [0.1, 0.15) is 19.0 Å². The van der Waals surface area contributed by atoms with Crippen LogP contribution in [-0.4, -0.2) is 21.6 Å². The number of amides is 1. The highest BCUT2D eigenvalue weighted by Gasteiger charge is 2.08. The van der Waals surface area contributed by atoms with Crippen LogP contribution in [0.25, 0.3) is 0 Å². The van der Waals surface area contributed by atoms with Crippen molar-refractivity contribution in [1.82, 2.24) is 9.97 Å². The van der Waals surface area contributed by atoms with Crippen LogP contribution in [0.3, 0.4) is 0 Å². The summed E-state index contributed by atoms with van der Waals surface area (Å²) in [7, 11) is 0. The van der Waals surface area contributed by atoms with Crippen LogP contribution < -0.4 is 10.9 Å². The zero-order chi connectivity index (χ0) is 15.9. The van der Waals surface area contributed by atoms with Crippen molar-refractivity contribution in [1.29, 1.82) is 0 Å². The van der Waals surface area contributed by atoms with E-state index in [4.69, 9.17) is 0 Å². The zero-order valence-corrected chi connectivity index (χ0v) is 12.9.